The van der Waals surface area contributed by atoms with Crippen molar-refractivity contribution < 1.29 is 9.90 Å². The number of carboxylic acid groups (broad SMARTS) is 1. The van der Waals surface area contributed by atoms with E-state index in [0.29, 0.717) is 5.16 Å². The molecule has 0 spiro atoms. The highest BCUT2D eigenvalue weighted by Gasteiger charge is 2.20. The Morgan fingerprint density at radius 2 is 1.90 bits per heavy atom. The summed E-state index contributed by atoms with van der Waals surface area (Å²) in [6, 6.07) is 0.201. The Labute approximate surface area is 124 Å². The number of thioether (sulfide) groups is 1. The third kappa shape index (κ3) is 4.40. The minimum atomic E-state index is -0.839. The second-order valence-corrected chi connectivity index (χ2v) is 5.86. The van der Waals surface area contributed by atoms with Crippen LogP contribution in [0.1, 0.15) is 46.6 Å². The summed E-state index contributed by atoms with van der Waals surface area (Å²) in [5.41, 5.74) is 0. The molecule has 0 saturated heterocycles. The summed E-state index contributed by atoms with van der Waals surface area (Å²) in [6.45, 7) is 10.3. The lowest BCUT2D eigenvalue weighted by atomic mass is 10.3. The predicted molar refractivity (Wildman–Crippen MR) is 81.6 cm³/mol. The number of carbonyl (C=O) groups is 1. The first-order valence-corrected chi connectivity index (χ1v) is 8.04. The van der Waals surface area contributed by atoms with Crippen molar-refractivity contribution in [3.63, 3.8) is 0 Å². The SMILES string of the molecule is CCCN(CCC)c1nnc(SCC(=O)O)n1C(C)C. The molecule has 0 bridgehead atoms. The van der Waals surface area contributed by atoms with Crippen LogP contribution in [0, 0.1) is 0 Å². The van der Waals surface area contributed by atoms with Crippen molar-refractivity contribution in [1.29, 1.82) is 0 Å². The fraction of sp³-hybridized carbons (Fsp3) is 0.769. The lowest BCUT2D eigenvalue weighted by Gasteiger charge is -2.24. The highest BCUT2D eigenvalue weighted by atomic mass is 32.2. The average molecular weight is 300 g/mol. The first kappa shape index (κ1) is 16.8. The monoisotopic (exact) mass is 300 g/mol. The van der Waals surface area contributed by atoms with E-state index in [1.165, 1.54) is 11.8 Å². The largest absolute Gasteiger partial charge is 0.481 e. The lowest BCUT2D eigenvalue weighted by molar-refractivity contribution is -0.133. The Hall–Kier alpha value is -1.24. The molecule has 0 fully saturated rings. The molecule has 0 saturated carbocycles. The van der Waals surface area contributed by atoms with Crippen molar-refractivity contribution in [3.8, 4) is 0 Å². The average Bonchev–Trinajstić information content (AvgIpc) is 2.79. The normalized spacial score (nSPS) is 11.1. The van der Waals surface area contributed by atoms with Crippen molar-refractivity contribution in [2.45, 2.75) is 51.7 Å². The quantitative estimate of drug-likeness (QED) is 0.707. The fourth-order valence-corrected chi connectivity index (χ4v) is 2.80. The number of aliphatic carboxylic acids is 1. The second kappa shape index (κ2) is 8.14. The van der Waals surface area contributed by atoms with Crippen LogP contribution < -0.4 is 4.90 Å². The van der Waals surface area contributed by atoms with Crippen LogP contribution in [0.15, 0.2) is 5.16 Å². The van der Waals surface area contributed by atoms with Crippen molar-refractivity contribution >= 4 is 23.7 Å². The van der Waals surface area contributed by atoms with E-state index in [1.807, 2.05) is 4.57 Å². The Morgan fingerprint density at radius 3 is 2.35 bits per heavy atom. The van der Waals surface area contributed by atoms with Crippen LogP contribution in [0.2, 0.25) is 0 Å². The van der Waals surface area contributed by atoms with Gasteiger partial charge in [0.05, 0.1) is 5.75 Å². The van der Waals surface area contributed by atoms with Gasteiger partial charge in [-0.3, -0.25) is 9.36 Å². The van der Waals surface area contributed by atoms with E-state index in [0.717, 1.165) is 31.9 Å². The van der Waals surface area contributed by atoms with Crippen LogP contribution in [0.4, 0.5) is 5.95 Å². The van der Waals surface area contributed by atoms with Crippen molar-refractivity contribution in [3.05, 3.63) is 0 Å². The Morgan fingerprint density at radius 1 is 1.30 bits per heavy atom. The third-order valence-corrected chi connectivity index (χ3v) is 3.69. The molecule has 20 heavy (non-hydrogen) atoms. The van der Waals surface area contributed by atoms with E-state index in [-0.39, 0.29) is 11.8 Å². The molecule has 0 radical (unpaired) electrons. The number of rotatable bonds is 9. The van der Waals surface area contributed by atoms with Gasteiger partial charge in [-0.1, -0.05) is 25.6 Å². The van der Waals surface area contributed by atoms with Gasteiger partial charge in [-0.05, 0) is 26.7 Å². The lowest BCUT2D eigenvalue weighted by Crippen LogP contribution is -2.28. The molecule has 0 unspecified atom stereocenters. The van der Waals surface area contributed by atoms with Crippen LogP contribution in [0.25, 0.3) is 0 Å². The first-order chi connectivity index (χ1) is 9.51. The third-order valence-electron chi connectivity index (χ3n) is 2.76. The summed E-state index contributed by atoms with van der Waals surface area (Å²) in [5, 5.41) is 17.9. The standard InChI is InChI=1S/C13H24N4O2S/c1-5-7-16(8-6-2)12-14-15-13(17(12)10(3)4)20-9-11(18)19/h10H,5-9H2,1-4H3,(H,18,19). The molecule has 0 amide bonds. The van der Waals surface area contributed by atoms with Gasteiger partial charge in [0.2, 0.25) is 5.95 Å². The first-order valence-electron chi connectivity index (χ1n) is 7.05. The summed E-state index contributed by atoms with van der Waals surface area (Å²) in [4.78, 5) is 12.9. The molecular formula is C13H24N4O2S. The zero-order chi connectivity index (χ0) is 15.1. The molecule has 1 rings (SSSR count). The van der Waals surface area contributed by atoms with E-state index in [4.69, 9.17) is 5.11 Å². The van der Waals surface area contributed by atoms with Gasteiger partial charge in [0, 0.05) is 19.1 Å². The smallest absolute Gasteiger partial charge is 0.313 e. The van der Waals surface area contributed by atoms with E-state index in [2.05, 4.69) is 42.8 Å². The van der Waals surface area contributed by atoms with Crippen LogP contribution in [0.3, 0.4) is 0 Å². The molecule has 114 valence electrons. The molecule has 1 aromatic heterocycles. The summed E-state index contributed by atoms with van der Waals surface area (Å²) >= 11 is 1.22. The van der Waals surface area contributed by atoms with Crippen LogP contribution in [0.5, 0.6) is 0 Å². The van der Waals surface area contributed by atoms with Gasteiger partial charge < -0.3 is 10.0 Å². The van der Waals surface area contributed by atoms with Crippen LogP contribution in [-0.2, 0) is 4.79 Å². The van der Waals surface area contributed by atoms with Gasteiger partial charge >= 0.3 is 5.97 Å². The number of carboxylic acids is 1. The molecule has 0 atom stereocenters. The second-order valence-electron chi connectivity index (χ2n) is 4.92. The van der Waals surface area contributed by atoms with E-state index in [1.54, 1.807) is 0 Å². The Bertz CT molecular complexity index is 428. The summed E-state index contributed by atoms with van der Waals surface area (Å²) < 4.78 is 2.03. The highest BCUT2D eigenvalue weighted by molar-refractivity contribution is 7.99. The van der Waals surface area contributed by atoms with Gasteiger partial charge in [-0.2, -0.15) is 0 Å². The molecule has 1 heterocycles. The zero-order valence-corrected chi connectivity index (χ0v) is 13.5. The number of aromatic nitrogens is 3. The number of nitrogens with zero attached hydrogens (tertiary/aromatic N) is 4. The Kier molecular flexibility index (Phi) is 6.84. The van der Waals surface area contributed by atoms with E-state index < -0.39 is 5.97 Å². The molecule has 0 aromatic carbocycles. The fourth-order valence-electron chi connectivity index (χ4n) is 2.01. The highest BCUT2D eigenvalue weighted by Crippen LogP contribution is 2.26. The molecule has 0 aliphatic carbocycles. The van der Waals surface area contributed by atoms with Gasteiger partial charge in [-0.15, -0.1) is 10.2 Å². The molecule has 0 aliphatic rings. The number of hydrogen-bond acceptors (Lipinski definition) is 5. The molecule has 0 aliphatic heterocycles. The maximum absolute atomic E-state index is 10.7. The minimum absolute atomic E-state index is 0.00636. The number of anilines is 1. The zero-order valence-electron chi connectivity index (χ0n) is 12.7. The van der Waals surface area contributed by atoms with Crippen LogP contribution >= 0.6 is 11.8 Å². The molecule has 1 N–H and O–H groups in total. The van der Waals surface area contributed by atoms with Crippen molar-refractivity contribution in [2.24, 2.45) is 0 Å². The van der Waals surface area contributed by atoms with Crippen molar-refractivity contribution in [2.75, 3.05) is 23.7 Å². The minimum Gasteiger partial charge on any atom is -0.481 e. The van der Waals surface area contributed by atoms with Crippen molar-refractivity contribution in [1.82, 2.24) is 14.8 Å². The summed E-state index contributed by atoms with van der Waals surface area (Å²) in [6.07, 6.45) is 2.09. The molecule has 7 heteroatoms. The van der Waals surface area contributed by atoms with Gasteiger partial charge in [0.25, 0.3) is 0 Å². The van der Waals surface area contributed by atoms with E-state index in [9.17, 15) is 4.79 Å². The van der Waals surface area contributed by atoms with E-state index >= 15 is 0 Å². The van der Waals surface area contributed by atoms with Gasteiger partial charge in [-0.25, -0.2) is 0 Å². The topological polar surface area (TPSA) is 71.2 Å². The summed E-state index contributed by atoms with van der Waals surface area (Å²) in [7, 11) is 0. The van der Waals surface area contributed by atoms with Gasteiger partial charge in [0.15, 0.2) is 5.16 Å². The van der Waals surface area contributed by atoms with Crippen LogP contribution in [-0.4, -0.2) is 44.7 Å². The van der Waals surface area contributed by atoms with Gasteiger partial charge in [0.1, 0.15) is 0 Å². The maximum atomic E-state index is 10.7. The summed E-state index contributed by atoms with van der Waals surface area (Å²) in [5.74, 6) is 0.0114. The predicted octanol–water partition coefficient (Wildman–Crippen LogP) is 2.66. The number of hydrogen-bond donors (Lipinski definition) is 1. The maximum Gasteiger partial charge on any atom is 0.313 e. The molecule has 1 aromatic rings. The molecular weight excluding hydrogens is 276 g/mol. The molecule has 6 nitrogen and oxygen atoms in total. The Balaban J connectivity index is 3.02.